The quantitative estimate of drug-likeness (QED) is 0.733. The van der Waals surface area contributed by atoms with E-state index in [0.29, 0.717) is 6.54 Å². The van der Waals surface area contributed by atoms with Crippen molar-refractivity contribution in [1.82, 2.24) is 4.90 Å². The van der Waals surface area contributed by atoms with Gasteiger partial charge in [-0.25, -0.2) is 0 Å². The van der Waals surface area contributed by atoms with Crippen molar-refractivity contribution in [3.63, 3.8) is 0 Å². The molecule has 24 heavy (non-hydrogen) atoms. The molecule has 5 heteroatoms. The van der Waals surface area contributed by atoms with Crippen molar-refractivity contribution >= 4 is 5.91 Å². The average molecular weight is 333 g/mol. The van der Waals surface area contributed by atoms with Crippen molar-refractivity contribution in [1.29, 1.82) is 0 Å². The molecular weight excluding hydrogens is 312 g/mol. The van der Waals surface area contributed by atoms with E-state index in [9.17, 15) is 13.6 Å². The van der Waals surface area contributed by atoms with Crippen LogP contribution >= 0.6 is 0 Å². The number of ether oxygens (including phenoxy) is 1. The lowest BCUT2D eigenvalue weighted by molar-refractivity contribution is -0.0503. The summed E-state index contributed by atoms with van der Waals surface area (Å²) in [6.45, 7) is 1.37. The summed E-state index contributed by atoms with van der Waals surface area (Å²) in [6.07, 6.45) is 0.760. The van der Waals surface area contributed by atoms with Crippen molar-refractivity contribution in [3.05, 3.63) is 65.7 Å². The van der Waals surface area contributed by atoms with E-state index in [4.69, 9.17) is 0 Å². The molecule has 3 nitrogen and oxygen atoms in total. The molecule has 128 valence electrons. The first-order valence-electron chi connectivity index (χ1n) is 7.91. The summed E-state index contributed by atoms with van der Waals surface area (Å²) in [6, 6.07) is 15.7. The highest BCUT2D eigenvalue weighted by Gasteiger charge is 2.24. The standard InChI is InChI=1S/C19H21F2NO2/c1-3-14(2)22(13-15-9-5-4-6-10-15)18(23)16-11-7-8-12-17(16)24-19(20)21/h4-12,14,19H,3,13H2,1-2H3. The van der Waals surface area contributed by atoms with E-state index in [0.717, 1.165) is 12.0 Å². The molecule has 1 unspecified atom stereocenters. The Bertz CT molecular complexity index is 661. The Kier molecular flexibility index (Phi) is 6.29. The zero-order valence-electron chi connectivity index (χ0n) is 13.8. The van der Waals surface area contributed by atoms with Gasteiger partial charge in [0.1, 0.15) is 5.75 Å². The number of carbonyl (C=O) groups excluding carboxylic acids is 1. The van der Waals surface area contributed by atoms with Crippen LogP contribution in [-0.2, 0) is 6.54 Å². The fourth-order valence-electron chi connectivity index (χ4n) is 2.43. The van der Waals surface area contributed by atoms with Gasteiger partial charge < -0.3 is 9.64 Å². The van der Waals surface area contributed by atoms with Crippen LogP contribution in [0.2, 0.25) is 0 Å². The van der Waals surface area contributed by atoms with E-state index >= 15 is 0 Å². The van der Waals surface area contributed by atoms with Crippen molar-refractivity contribution < 1.29 is 18.3 Å². The normalized spacial score (nSPS) is 12.0. The van der Waals surface area contributed by atoms with E-state index in [2.05, 4.69) is 4.74 Å². The number of benzene rings is 2. The number of amides is 1. The maximum Gasteiger partial charge on any atom is 0.387 e. The fourth-order valence-corrected chi connectivity index (χ4v) is 2.43. The van der Waals surface area contributed by atoms with E-state index in [1.807, 2.05) is 44.2 Å². The maximum atomic E-state index is 13.0. The zero-order valence-corrected chi connectivity index (χ0v) is 13.8. The number of hydrogen-bond acceptors (Lipinski definition) is 2. The number of para-hydroxylation sites is 1. The molecule has 0 aliphatic rings. The first kappa shape index (κ1) is 17.9. The summed E-state index contributed by atoms with van der Waals surface area (Å²) < 4.78 is 29.7. The van der Waals surface area contributed by atoms with Crippen molar-refractivity contribution in [3.8, 4) is 5.75 Å². The van der Waals surface area contributed by atoms with Gasteiger partial charge in [-0.15, -0.1) is 0 Å². The second-order valence-corrected chi connectivity index (χ2v) is 5.55. The van der Waals surface area contributed by atoms with Gasteiger partial charge in [-0.05, 0) is 31.0 Å². The average Bonchev–Trinajstić information content (AvgIpc) is 2.59. The van der Waals surface area contributed by atoms with Gasteiger partial charge in [0, 0.05) is 12.6 Å². The Morgan fingerprint density at radius 1 is 1.08 bits per heavy atom. The molecule has 0 spiro atoms. The molecule has 0 radical (unpaired) electrons. The summed E-state index contributed by atoms with van der Waals surface area (Å²) in [7, 11) is 0. The van der Waals surface area contributed by atoms with Crippen LogP contribution in [0, 0.1) is 0 Å². The predicted octanol–water partition coefficient (Wildman–Crippen LogP) is 4.73. The lowest BCUT2D eigenvalue weighted by Gasteiger charge is -2.29. The Hall–Kier alpha value is -2.43. The van der Waals surface area contributed by atoms with Crippen molar-refractivity contribution in [2.24, 2.45) is 0 Å². The smallest absolute Gasteiger partial charge is 0.387 e. The van der Waals surface area contributed by atoms with Crippen LogP contribution in [-0.4, -0.2) is 23.5 Å². The SMILES string of the molecule is CCC(C)N(Cc1ccccc1)C(=O)c1ccccc1OC(F)F. The number of nitrogens with zero attached hydrogens (tertiary/aromatic N) is 1. The minimum atomic E-state index is -2.97. The van der Waals surface area contributed by atoms with Crippen LogP contribution in [0.1, 0.15) is 36.2 Å². The Balaban J connectivity index is 2.31. The third-order valence-electron chi connectivity index (χ3n) is 3.91. The highest BCUT2D eigenvalue weighted by atomic mass is 19.3. The molecule has 1 atom stereocenters. The van der Waals surface area contributed by atoms with Crippen LogP contribution in [0.25, 0.3) is 0 Å². The van der Waals surface area contributed by atoms with Gasteiger partial charge in [0.05, 0.1) is 5.56 Å². The van der Waals surface area contributed by atoms with Gasteiger partial charge in [0.15, 0.2) is 0 Å². The fraction of sp³-hybridized carbons (Fsp3) is 0.316. The predicted molar refractivity (Wildman–Crippen MR) is 89.1 cm³/mol. The number of carbonyl (C=O) groups is 1. The minimum absolute atomic E-state index is 0.0303. The number of hydrogen-bond donors (Lipinski definition) is 0. The lowest BCUT2D eigenvalue weighted by Crippen LogP contribution is -2.38. The van der Waals surface area contributed by atoms with Crippen LogP contribution in [0.15, 0.2) is 54.6 Å². The second kappa shape index (κ2) is 8.43. The number of halogens is 2. The number of alkyl halides is 2. The molecule has 0 bridgehead atoms. The van der Waals surface area contributed by atoms with Gasteiger partial charge in [-0.1, -0.05) is 49.4 Å². The molecule has 2 aromatic carbocycles. The van der Waals surface area contributed by atoms with E-state index in [1.54, 1.807) is 17.0 Å². The zero-order chi connectivity index (χ0) is 17.5. The van der Waals surface area contributed by atoms with Crippen LogP contribution in [0.5, 0.6) is 5.75 Å². The topological polar surface area (TPSA) is 29.5 Å². The van der Waals surface area contributed by atoms with Gasteiger partial charge in [0.2, 0.25) is 0 Å². The Morgan fingerprint density at radius 3 is 2.33 bits per heavy atom. The third-order valence-corrected chi connectivity index (χ3v) is 3.91. The molecule has 1 amide bonds. The molecule has 0 aliphatic carbocycles. The molecule has 0 N–H and O–H groups in total. The van der Waals surface area contributed by atoms with Gasteiger partial charge in [-0.2, -0.15) is 8.78 Å². The third kappa shape index (κ3) is 4.54. The van der Waals surface area contributed by atoms with Gasteiger partial charge >= 0.3 is 6.61 Å². The molecular formula is C19H21F2NO2. The summed E-state index contributed by atoms with van der Waals surface area (Å²) in [5.41, 5.74) is 1.13. The molecule has 2 aromatic rings. The monoisotopic (exact) mass is 333 g/mol. The van der Waals surface area contributed by atoms with Crippen LogP contribution in [0.4, 0.5) is 8.78 Å². The van der Waals surface area contributed by atoms with Crippen LogP contribution < -0.4 is 4.74 Å². The molecule has 0 saturated heterocycles. The molecule has 2 rings (SSSR count). The maximum absolute atomic E-state index is 13.0. The molecule has 0 heterocycles. The summed E-state index contributed by atoms with van der Waals surface area (Å²) >= 11 is 0. The summed E-state index contributed by atoms with van der Waals surface area (Å²) in [4.78, 5) is 14.6. The van der Waals surface area contributed by atoms with Crippen LogP contribution in [0.3, 0.4) is 0 Å². The first-order chi connectivity index (χ1) is 11.5. The largest absolute Gasteiger partial charge is 0.434 e. The van der Waals surface area contributed by atoms with Gasteiger partial charge in [-0.3, -0.25) is 4.79 Å². The van der Waals surface area contributed by atoms with Gasteiger partial charge in [0.25, 0.3) is 5.91 Å². The first-order valence-corrected chi connectivity index (χ1v) is 7.91. The molecule has 0 saturated carbocycles. The van der Waals surface area contributed by atoms with E-state index in [-0.39, 0.29) is 23.3 Å². The summed E-state index contributed by atoms with van der Waals surface area (Å²) in [5, 5.41) is 0. The van der Waals surface area contributed by atoms with Crippen molar-refractivity contribution in [2.45, 2.75) is 39.5 Å². The van der Waals surface area contributed by atoms with Crippen molar-refractivity contribution in [2.75, 3.05) is 0 Å². The molecule has 0 fully saturated rings. The lowest BCUT2D eigenvalue weighted by atomic mass is 10.1. The molecule has 0 aromatic heterocycles. The highest BCUT2D eigenvalue weighted by Crippen LogP contribution is 2.24. The minimum Gasteiger partial charge on any atom is -0.434 e. The number of rotatable bonds is 7. The second-order valence-electron chi connectivity index (χ2n) is 5.55. The molecule has 0 aliphatic heterocycles. The Morgan fingerprint density at radius 2 is 1.71 bits per heavy atom. The Labute approximate surface area is 140 Å². The highest BCUT2D eigenvalue weighted by molar-refractivity contribution is 5.97. The van der Waals surface area contributed by atoms with E-state index in [1.165, 1.54) is 12.1 Å². The van der Waals surface area contributed by atoms with E-state index < -0.39 is 6.61 Å². The summed E-state index contributed by atoms with van der Waals surface area (Å²) in [5.74, 6) is -0.414.